The third-order valence-corrected chi connectivity index (χ3v) is 3.88. The Balaban J connectivity index is 2.07. The first-order chi connectivity index (χ1) is 7.60. The number of nitrogens with zero attached hydrogens (tertiary/aromatic N) is 1. The van der Waals surface area contributed by atoms with Crippen molar-refractivity contribution in [1.29, 1.82) is 0 Å². The molecule has 1 fully saturated rings. The molecule has 2 nitrogen and oxygen atoms in total. The van der Waals surface area contributed by atoms with E-state index in [0.29, 0.717) is 5.92 Å². The normalized spacial score (nSPS) is 26.9. The van der Waals surface area contributed by atoms with E-state index in [0.717, 1.165) is 5.52 Å². The highest BCUT2D eigenvalue weighted by Gasteiger charge is 2.56. The summed E-state index contributed by atoms with van der Waals surface area (Å²) >= 11 is 0. The van der Waals surface area contributed by atoms with E-state index >= 15 is 0 Å². The standard InChI is InChI=1S/C14H16N2/c1-14(2)12(13(14)15)10-7-9-5-3-4-6-11(9)16-8-10/h3-8,12-13H,15H2,1-2H3. The van der Waals surface area contributed by atoms with Crippen molar-refractivity contribution >= 4 is 10.9 Å². The summed E-state index contributed by atoms with van der Waals surface area (Å²) < 4.78 is 0. The second-order valence-corrected chi connectivity index (χ2v) is 5.29. The van der Waals surface area contributed by atoms with E-state index in [1.807, 2.05) is 24.4 Å². The molecule has 0 radical (unpaired) electrons. The van der Waals surface area contributed by atoms with Gasteiger partial charge in [0.25, 0.3) is 0 Å². The maximum Gasteiger partial charge on any atom is 0.0702 e. The molecule has 16 heavy (non-hydrogen) atoms. The van der Waals surface area contributed by atoms with E-state index in [4.69, 9.17) is 5.73 Å². The van der Waals surface area contributed by atoms with Crippen LogP contribution in [0.5, 0.6) is 0 Å². The molecule has 2 N–H and O–H groups in total. The van der Waals surface area contributed by atoms with Crippen molar-refractivity contribution in [3.8, 4) is 0 Å². The van der Waals surface area contributed by atoms with Crippen molar-refractivity contribution in [3.05, 3.63) is 42.1 Å². The molecule has 0 spiro atoms. The van der Waals surface area contributed by atoms with Gasteiger partial charge in [-0.1, -0.05) is 32.0 Å². The van der Waals surface area contributed by atoms with Gasteiger partial charge in [-0.3, -0.25) is 4.98 Å². The van der Waals surface area contributed by atoms with E-state index in [9.17, 15) is 0 Å². The Morgan fingerprint density at radius 3 is 2.62 bits per heavy atom. The molecule has 0 bridgehead atoms. The molecule has 1 aliphatic carbocycles. The van der Waals surface area contributed by atoms with Gasteiger partial charge in [0, 0.05) is 23.5 Å². The second kappa shape index (κ2) is 3.05. The lowest BCUT2D eigenvalue weighted by Gasteiger charge is -2.04. The van der Waals surface area contributed by atoms with Crippen LogP contribution in [0.3, 0.4) is 0 Å². The first-order valence-electron chi connectivity index (χ1n) is 5.71. The molecular formula is C14H16N2. The molecular weight excluding hydrogens is 196 g/mol. The van der Waals surface area contributed by atoms with Gasteiger partial charge in [-0.25, -0.2) is 0 Å². The number of hydrogen-bond donors (Lipinski definition) is 1. The summed E-state index contributed by atoms with van der Waals surface area (Å²) in [6.45, 7) is 4.44. The number of hydrogen-bond acceptors (Lipinski definition) is 2. The van der Waals surface area contributed by atoms with Crippen molar-refractivity contribution in [3.63, 3.8) is 0 Å². The zero-order valence-corrected chi connectivity index (χ0v) is 9.64. The van der Waals surface area contributed by atoms with Crippen LogP contribution in [0.2, 0.25) is 0 Å². The summed E-state index contributed by atoms with van der Waals surface area (Å²) in [6.07, 6.45) is 1.97. The van der Waals surface area contributed by atoms with Crippen LogP contribution in [-0.2, 0) is 0 Å². The van der Waals surface area contributed by atoms with E-state index in [1.165, 1.54) is 10.9 Å². The smallest absolute Gasteiger partial charge is 0.0702 e. The van der Waals surface area contributed by atoms with Gasteiger partial charge in [-0.05, 0) is 23.1 Å². The minimum Gasteiger partial charge on any atom is -0.327 e. The molecule has 1 aliphatic rings. The van der Waals surface area contributed by atoms with Crippen LogP contribution < -0.4 is 5.73 Å². The van der Waals surface area contributed by atoms with Gasteiger partial charge < -0.3 is 5.73 Å². The van der Waals surface area contributed by atoms with E-state index in [2.05, 4.69) is 31.0 Å². The Hall–Kier alpha value is -1.41. The van der Waals surface area contributed by atoms with Gasteiger partial charge in [0.1, 0.15) is 0 Å². The van der Waals surface area contributed by atoms with Gasteiger partial charge in [0.2, 0.25) is 0 Å². The maximum absolute atomic E-state index is 6.09. The van der Waals surface area contributed by atoms with Crippen molar-refractivity contribution in [1.82, 2.24) is 4.98 Å². The molecule has 2 unspecified atom stereocenters. The molecule has 82 valence electrons. The second-order valence-electron chi connectivity index (χ2n) is 5.29. The minimum absolute atomic E-state index is 0.226. The van der Waals surface area contributed by atoms with Crippen molar-refractivity contribution in [2.24, 2.45) is 11.1 Å². The third-order valence-electron chi connectivity index (χ3n) is 3.88. The number of nitrogens with two attached hydrogens (primary N) is 1. The van der Waals surface area contributed by atoms with Gasteiger partial charge in [-0.15, -0.1) is 0 Å². The molecule has 1 heterocycles. The highest BCUT2D eigenvalue weighted by atomic mass is 14.8. The highest BCUT2D eigenvalue weighted by Crippen LogP contribution is 2.57. The molecule has 3 rings (SSSR count). The Bertz CT molecular complexity index is 545. The van der Waals surface area contributed by atoms with Gasteiger partial charge in [0.15, 0.2) is 0 Å². The SMILES string of the molecule is CC1(C)C(N)C1c1cnc2ccccc2c1. The molecule has 1 aromatic heterocycles. The largest absolute Gasteiger partial charge is 0.327 e. The van der Waals surface area contributed by atoms with Crippen LogP contribution in [0.25, 0.3) is 10.9 Å². The topological polar surface area (TPSA) is 38.9 Å². The Morgan fingerprint density at radius 2 is 1.94 bits per heavy atom. The highest BCUT2D eigenvalue weighted by molar-refractivity contribution is 5.79. The van der Waals surface area contributed by atoms with Crippen LogP contribution in [0.4, 0.5) is 0 Å². The molecule has 0 amide bonds. The molecule has 0 aliphatic heterocycles. The molecule has 2 atom stereocenters. The maximum atomic E-state index is 6.09. The summed E-state index contributed by atoms with van der Waals surface area (Å²) in [6, 6.07) is 10.7. The predicted molar refractivity (Wildman–Crippen MR) is 66.2 cm³/mol. The van der Waals surface area contributed by atoms with E-state index in [-0.39, 0.29) is 11.5 Å². The molecule has 1 saturated carbocycles. The first kappa shape index (κ1) is 9.79. The van der Waals surface area contributed by atoms with Crippen molar-refractivity contribution < 1.29 is 0 Å². The number of para-hydroxylation sites is 1. The van der Waals surface area contributed by atoms with Crippen LogP contribution in [0.1, 0.15) is 25.3 Å². The number of fused-ring (bicyclic) bond motifs is 1. The first-order valence-corrected chi connectivity index (χ1v) is 5.71. The minimum atomic E-state index is 0.226. The summed E-state index contributed by atoms with van der Waals surface area (Å²) in [7, 11) is 0. The molecule has 1 aromatic carbocycles. The van der Waals surface area contributed by atoms with Crippen LogP contribution in [0.15, 0.2) is 36.5 Å². The summed E-state index contributed by atoms with van der Waals surface area (Å²) in [5.74, 6) is 0.463. The lowest BCUT2D eigenvalue weighted by Crippen LogP contribution is -2.06. The van der Waals surface area contributed by atoms with Crippen LogP contribution >= 0.6 is 0 Å². The fourth-order valence-corrected chi connectivity index (χ4v) is 2.57. The molecule has 2 heteroatoms. The lowest BCUT2D eigenvalue weighted by molar-refractivity contribution is 0.599. The number of rotatable bonds is 1. The lowest BCUT2D eigenvalue weighted by atomic mass is 10.0. The van der Waals surface area contributed by atoms with Gasteiger partial charge in [0.05, 0.1) is 5.52 Å². The Morgan fingerprint density at radius 1 is 1.25 bits per heavy atom. The zero-order valence-electron chi connectivity index (χ0n) is 9.64. The number of benzene rings is 1. The van der Waals surface area contributed by atoms with Crippen LogP contribution in [0, 0.1) is 5.41 Å². The fraction of sp³-hybridized carbons (Fsp3) is 0.357. The zero-order chi connectivity index (χ0) is 11.3. The van der Waals surface area contributed by atoms with E-state index < -0.39 is 0 Å². The number of aromatic nitrogens is 1. The average molecular weight is 212 g/mol. The molecule has 2 aromatic rings. The van der Waals surface area contributed by atoms with Crippen molar-refractivity contribution in [2.45, 2.75) is 25.8 Å². The van der Waals surface area contributed by atoms with Gasteiger partial charge >= 0.3 is 0 Å². The Kier molecular flexibility index (Phi) is 1.86. The third kappa shape index (κ3) is 1.26. The monoisotopic (exact) mass is 212 g/mol. The van der Waals surface area contributed by atoms with Crippen LogP contribution in [-0.4, -0.2) is 11.0 Å². The summed E-state index contributed by atoms with van der Waals surface area (Å²) in [5.41, 5.74) is 8.65. The van der Waals surface area contributed by atoms with E-state index in [1.54, 1.807) is 0 Å². The molecule has 0 saturated heterocycles. The Labute approximate surface area is 95.5 Å². The summed E-state index contributed by atoms with van der Waals surface area (Å²) in [5, 5.41) is 1.20. The predicted octanol–water partition coefficient (Wildman–Crippen LogP) is 2.69. The van der Waals surface area contributed by atoms with Gasteiger partial charge in [-0.2, -0.15) is 0 Å². The fourth-order valence-electron chi connectivity index (χ4n) is 2.57. The quantitative estimate of drug-likeness (QED) is 0.789. The number of pyridine rings is 1. The van der Waals surface area contributed by atoms with Crippen molar-refractivity contribution in [2.75, 3.05) is 0 Å². The summed E-state index contributed by atoms with van der Waals surface area (Å²) in [4.78, 5) is 4.49. The average Bonchev–Trinajstić information content (AvgIpc) is 2.78.